The number of nitrogens with one attached hydrogen (secondary N) is 1. The molecule has 0 aromatic heterocycles. The Morgan fingerprint density at radius 1 is 1.07 bits per heavy atom. The summed E-state index contributed by atoms with van der Waals surface area (Å²) in [5.41, 5.74) is 3.69. The molecular weight excluding hydrogens is 366 g/mol. The molecule has 0 aliphatic heterocycles. The molecule has 1 aliphatic carbocycles. The van der Waals surface area contributed by atoms with Crippen molar-refractivity contribution in [1.29, 1.82) is 0 Å². The van der Waals surface area contributed by atoms with Gasteiger partial charge in [0.05, 0.1) is 11.9 Å². The van der Waals surface area contributed by atoms with E-state index in [1.54, 1.807) is 14.2 Å². The smallest absolute Gasteiger partial charge is 0.220 e. The second kappa shape index (κ2) is 9.65. The minimum Gasteiger partial charge on any atom is -0.497 e. The minimum atomic E-state index is -0.363. The summed E-state index contributed by atoms with van der Waals surface area (Å²) in [6.45, 7) is 0. The predicted molar refractivity (Wildman–Crippen MR) is 118 cm³/mol. The highest BCUT2D eigenvalue weighted by Crippen LogP contribution is 2.50. The summed E-state index contributed by atoms with van der Waals surface area (Å²) in [5.74, 6) is 1.64. The van der Waals surface area contributed by atoms with E-state index in [9.17, 15) is 4.79 Å². The van der Waals surface area contributed by atoms with Crippen molar-refractivity contribution < 1.29 is 9.53 Å². The van der Waals surface area contributed by atoms with Crippen molar-refractivity contribution >= 4 is 17.7 Å². The first kappa shape index (κ1) is 20.3. The predicted octanol–water partition coefficient (Wildman–Crippen LogP) is 5.08. The first-order valence-corrected chi connectivity index (χ1v) is 10.6. The van der Waals surface area contributed by atoms with Gasteiger partial charge >= 0.3 is 0 Å². The number of benzene rings is 2. The standard InChI is InChI=1S/C24H27NO2S/c1-25-23(26)17-18-28-24(19-9-5-3-6-10-19,20-11-7-4-8-12-20)21-13-15-22(27-2)16-14-21/h3,5-7,9-16H,4,8,17-18H2,1-2H3,(H,25,26). The number of amides is 1. The summed E-state index contributed by atoms with van der Waals surface area (Å²) in [6.07, 6.45) is 9.42. The van der Waals surface area contributed by atoms with Crippen molar-refractivity contribution in [2.75, 3.05) is 19.9 Å². The Morgan fingerprint density at radius 3 is 2.39 bits per heavy atom. The molecule has 1 amide bonds. The maximum Gasteiger partial charge on any atom is 0.220 e. The summed E-state index contributed by atoms with van der Waals surface area (Å²) < 4.78 is 5.01. The lowest BCUT2D eigenvalue weighted by Gasteiger charge is -2.37. The van der Waals surface area contributed by atoms with Gasteiger partial charge in [-0.2, -0.15) is 0 Å². The van der Waals surface area contributed by atoms with Gasteiger partial charge in [-0.1, -0.05) is 60.7 Å². The van der Waals surface area contributed by atoms with E-state index in [0.29, 0.717) is 6.42 Å². The van der Waals surface area contributed by atoms with Gasteiger partial charge in [-0.05, 0) is 41.7 Å². The van der Waals surface area contributed by atoms with Gasteiger partial charge in [-0.15, -0.1) is 11.8 Å². The molecule has 0 radical (unpaired) electrons. The first-order valence-electron chi connectivity index (χ1n) is 9.62. The largest absolute Gasteiger partial charge is 0.497 e. The lowest BCUT2D eigenvalue weighted by atomic mass is 9.81. The third-order valence-corrected chi connectivity index (χ3v) is 6.55. The van der Waals surface area contributed by atoms with Crippen molar-refractivity contribution in [3.63, 3.8) is 0 Å². The molecule has 28 heavy (non-hydrogen) atoms. The van der Waals surface area contributed by atoms with Gasteiger partial charge in [0, 0.05) is 19.2 Å². The molecule has 3 nitrogen and oxygen atoms in total. The highest BCUT2D eigenvalue weighted by Gasteiger charge is 2.38. The molecule has 0 saturated heterocycles. The third-order valence-electron chi connectivity index (χ3n) is 5.00. The Balaban J connectivity index is 2.11. The number of hydrogen-bond donors (Lipinski definition) is 1. The summed E-state index contributed by atoms with van der Waals surface area (Å²) in [4.78, 5) is 11.9. The van der Waals surface area contributed by atoms with Gasteiger partial charge < -0.3 is 10.1 Å². The zero-order chi connectivity index (χ0) is 19.8. The second-order valence-corrected chi connectivity index (χ2v) is 8.00. The molecule has 146 valence electrons. The Hall–Kier alpha value is -2.46. The van der Waals surface area contributed by atoms with Gasteiger partial charge in [0.2, 0.25) is 5.91 Å². The topological polar surface area (TPSA) is 38.3 Å². The molecule has 2 aromatic rings. The third kappa shape index (κ3) is 4.33. The van der Waals surface area contributed by atoms with Crippen molar-refractivity contribution in [1.82, 2.24) is 5.32 Å². The molecule has 0 spiro atoms. The van der Waals surface area contributed by atoms with Crippen LogP contribution in [0.3, 0.4) is 0 Å². The first-order chi connectivity index (χ1) is 13.7. The van der Waals surface area contributed by atoms with E-state index in [4.69, 9.17) is 4.74 Å². The maximum absolute atomic E-state index is 11.9. The molecule has 1 atom stereocenters. The fourth-order valence-corrected chi connectivity index (χ4v) is 5.06. The quantitative estimate of drug-likeness (QED) is 0.679. The average molecular weight is 394 g/mol. The molecular formula is C24H27NO2S. The van der Waals surface area contributed by atoms with Crippen LogP contribution in [0.2, 0.25) is 0 Å². The molecule has 0 heterocycles. The highest BCUT2D eigenvalue weighted by atomic mass is 32.2. The number of hydrogen-bond acceptors (Lipinski definition) is 3. The fraction of sp³-hybridized carbons (Fsp3) is 0.292. The Morgan fingerprint density at radius 2 is 1.79 bits per heavy atom. The molecule has 0 fully saturated rings. The van der Waals surface area contributed by atoms with Crippen LogP contribution in [0.15, 0.2) is 78.4 Å². The van der Waals surface area contributed by atoms with Crippen LogP contribution in [-0.4, -0.2) is 25.8 Å². The number of carbonyl (C=O) groups excluding carboxylic acids is 1. The number of carbonyl (C=O) groups is 1. The van der Waals surface area contributed by atoms with Crippen LogP contribution in [-0.2, 0) is 9.54 Å². The monoisotopic (exact) mass is 393 g/mol. The second-order valence-electron chi connectivity index (χ2n) is 6.69. The van der Waals surface area contributed by atoms with Crippen molar-refractivity contribution in [2.24, 2.45) is 0 Å². The minimum absolute atomic E-state index is 0.0670. The van der Waals surface area contributed by atoms with E-state index in [1.807, 2.05) is 30.0 Å². The van der Waals surface area contributed by atoms with Gasteiger partial charge in [-0.3, -0.25) is 4.79 Å². The molecule has 4 heteroatoms. The lowest BCUT2D eigenvalue weighted by Crippen LogP contribution is -2.28. The molecule has 2 aromatic carbocycles. The average Bonchev–Trinajstić information content (AvgIpc) is 2.78. The van der Waals surface area contributed by atoms with Crippen LogP contribution in [0.25, 0.3) is 0 Å². The Bertz CT molecular complexity index is 843. The highest BCUT2D eigenvalue weighted by molar-refractivity contribution is 8.00. The van der Waals surface area contributed by atoms with E-state index in [-0.39, 0.29) is 10.7 Å². The summed E-state index contributed by atoms with van der Waals surface area (Å²) in [7, 11) is 3.37. The van der Waals surface area contributed by atoms with Gasteiger partial charge in [0.15, 0.2) is 0 Å². The zero-order valence-electron chi connectivity index (χ0n) is 16.5. The van der Waals surface area contributed by atoms with Crippen LogP contribution < -0.4 is 10.1 Å². The molecule has 0 saturated carbocycles. The summed E-state index contributed by atoms with van der Waals surface area (Å²) in [5, 5.41) is 2.73. The van der Waals surface area contributed by atoms with Crippen LogP contribution in [0.1, 0.15) is 30.4 Å². The zero-order valence-corrected chi connectivity index (χ0v) is 17.3. The van der Waals surface area contributed by atoms with E-state index in [0.717, 1.165) is 24.3 Å². The lowest BCUT2D eigenvalue weighted by molar-refractivity contribution is -0.120. The SMILES string of the molecule is CNC(=O)CCSC(C1=CCCC=C1)(c1ccccc1)c1ccc(OC)cc1. The van der Waals surface area contributed by atoms with Gasteiger partial charge in [0.25, 0.3) is 0 Å². The number of ether oxygens (including phenoxy) is 1. The molecule has 3 rings (SSSR count). The summed E-state index contributed by atoms with van der Waals surface area (Å²) in [6, 6.07) is 18.9. The van der Waals surface area contributed by atoms with Crippen molar-refractivity contribution in [2.45, 2.75) is 24.0 Å². The van der Waals surface area contributed by atoms with Crippen molar-refractivity contribution in [3.05, 3.63) is 89.5 Å². The van der Waals surface area contributed by atoms with E-state index in [2.05, 4.69) is 59.9 Å². The number of allylic oxidation sites excluding steroid dienone is 3. The number of thioether (sulfide) groups is 1. The van der Waals surface area contributed by atoms with E-state index < -0.39 is 0 Å². The Kier molecular flexibility index (Phi) is 6.99. The van der Waals surface area contributed by atoms with E-state index in [1.165, 1.54) is 16.7 Å². The molecule has 1 unspecified atom stereocenters. The Labute approximate surface area is 171 Å². The number of methoxy groups -OCH3 is 1. The number of rotatable bonds is 8. The van der Waals surface area contributed by atoms with Crippen molar-refractivity contribution in [3.8, 4) is 5.75 Å². The van der Waals surface area contributed by atoms with Crippen LogP contribution in [0.5, 0.6) is 5.75 Å². The van der Waals surface area contributed by atoms with Gasteiger partial charge in [-0.25, -0.2) is 0 Å². The van der Waals surface area contributed by atoms with Crippen LogP contribution in [0.4, 0.5) is 0 Å². The van der Waals surface area contributed by atoms with Gasteiger partial charge in [0.1, 0.15) is 5.75 Å². The molecule has 1 aliphatic rings. The fourth-order valence-electron chi connectivity index (χ4n) is 3.54. The van der Waals surface area contributed by atoms with Crippen LogP contribution in [0, 0.1) is 0 Å². The van der Waals surface area contributed by atoms with Crippen LogP contribution >= 0.6 is 11.8 Å². The summed E-state index contributed by atoms with van der Waals surface area (Å²) >= 11 is 1.82. The maximum atomic E-state index is 11.9. The van der Waals surface area contributed by atoms with E-state index >= 15 is 0 Å². The molecule has 1 N–H and O–H groups in total. The normalized spacial score (nSPS) is 15.4. The molecule has 0 bridgehead atoms.